The zero-order valence-corrected chi connectivity index (χ0v) is 14.0. The number of aromatic amines is 1. The molecule has 0 saturated heterocycles. The fourth-order valence-electron chi connectivity index (χ4n) is 1.96. The topological polar surface area (TPSA) is 79.6 Å². The van der Waals surface area contributed by atoms with E-state index in [2.05, 4.69) is 48.5 Å². The van der Waals surface area contributed by atoms with E-state index >= 15 is 0 Å². The first kappa shape index (κ1) is 15.9. The summed E-state index contributed by atoms with van der Waals surface area (Å²) in [5.41, 5.74) is 1.61. The van der Waals surface area contributed by atoms with E-state index in [1.165, 1.54) is 0 Å². The van der Waals surface area contributed by atoms with Crippen LogP contribution in [0.3, 0.4) is 0 Å². The molecule has 8 heteroatoms. The third kappa shape index (κ3) is 3.25. The molecule has 21 heavy (non-hydrogen) atoms. The van der Waals surface area contributed by atoms with E-state index in [0.717, 1.165) is 15.4 Å². The van der Waals surface area contributed by atoms with Crippen LogP contribution in [0.4, 0.5) is 0 Å². The maximum absolute atomic E-state index is 5.32. The molecule has 0 fully saturated rings. The Labute approximate surface area is 136 Å². The van der Waals surface area contributed by atoms with Crippen molar-refractivity contribution in [1.29, 1.82) is 0 Å². The van der Waals surface area contributed by atoms with Crippen molar-refractivity contribution >= 4 is 39.2 Å². The number of hydrogen-bond acceptors (Lipinski definition) is 5. The molecule has 6 nitrogen and oxygen atoms in total. The summed E-state index contributed by atoms with van der Waals surface area (Å²) in [6.45, 7) is 2.07. The summed E-state index contributed by atoms with van der Waals surface area (Å²) in [6.07, 6.45) is 0.714. The molecule has 2 heterocycles. The average Bonchev–Trinajstić information content (AvgIpc) is 3.04. The first-order valence-corrected chi connectivity index (χ1v) is 7.10. The van der Waals surface area contributed by atoms with Gasteiger partial charge in [0, 0.05) is 22.3 Å². The van der Waals surface area contributed by atoms with Gasteiger partial charge in [0.25, 0.3) is 5.89 Å². The molecule has 0 aliphatic heterocycles. The number of benzene rings is 1. The lowest BCUT2D eigenvalue weighted by Gasteiger charge is -2.04. The van der Waals surface area contributed by atoms with E-state index < -0.39 is 0 Å². The van der Waals surface area contributed by atoms with E-state index in [9.17, 15) is 0 Å². The molecule has 0 radical (unpaired) electrons. The van der Waals surface area contributed by atoms with Crippen molar-refractivity contribution in [3.63, 3.8) is 0 Å². The number of nitrogens with zero attached hydrogens (tertiary/aromatic N) is 3. The van der Waals surface area contributed by atoms with Crippen molar-refractivity contribution in [3.8, 4) is 11.6 Å². The molecule has 0 bridgehead atoms. The van der Waals surface area contributed by atoms with Gasteiger partial charge in [-0.25, -0.2) is 0 Å². The van der Waals surface area contributed by atoms with Gasteiger partial charge in [-0.2, -0.15) is 10.1 Å². The highest BCUT2D eigenvalue weighted by Gasteiger charge is 2.16. The molecule has 0 saturated carbocycles. The van der Waals surface area contributed by atoms with Crippen LogP contribution < -0.4 is 5.32 Å². The van der Waals surface area contributed by atoms with Gasteiger partial charge < -0.3 is 9.84 Å². The fourth-order valence-corrected chi connectivity index (χ4v) is 2.32. The van der Waals surface area contributed by atoms with Crippen molar-refractivity contribution in [1.82, 2.24) is 25.7 Å². The second kappa shape index (κ2) is 6.55. The summed E-state index contributed by atoms with van der Waals surface area (Å²) >= 11 is 3.45. The molecule has 3 rings (SSSR count). The lowest BCUT2D eigenvalue weighted by atomic mass is 10.2. The number of hydrogen-bond donors (Lipinski definition) is 2. The molecular formula is C13H15BrClN5O. The van der Waals surface area contributed by atoms with Gasteiger partial charge in [-0.15, -0.1) is 12.4 Å². The zero-order chi connectivity index (χ0) is 14.1. The van der Waals surface area contributed by atoms with E-state index in [4.69, 9.17) is 4.52 Å². The Morgan fingerprint density at radius 3 is 3.00 bits per heavy atom. The average molecular weight is 373 g/mol. The quantitative estimate of drug-likeness (QED) is 0.736. The fraction of sp³-hybridized carbons (Fsp3) is 0.308. The minimum Gasteiger partial charge on any atom is -0.332 e. The Balaban J connectivity index is 0.00000161. The van der Waals surface area contributed by atoms with E-state index in [-0.39, 0.29) is 12.4 Å². The smallest absolute Gasteiger partial charge is 0.279 e. The molecule has 1 unspecified atom stereocenters. The van der Waals surface area contributed by atoms with Crippen molar-refractivity contribution in [2.24, 2.45) is 0 Å². The minimum absolute atomic E-state index is 0. The van der Waals surface area contributed by atoms with Crippen molar-refractivity contribution in [2.75, 3.05) is 7.05 Å². The Hall–Kier alpha value is -1.44. The van der Waals surface area contributed by atoms with Gasteiger partial charge in [-0.1, -0.05) is 21.1 Å². The predicted molar refractivity (Wildman–Crippen MR) is 86.6 cm³/mol. The Kier molecular flexibility index (Phi) is 4.97. The second-order valence-electron chi connectivity index (χ2n) is 4.67. The van der Waals surface area contributed by atoms with Crippen molar-refractivity contribution in [3.05, 3.63) is 28.5 Å². The van der Waals surface area contributed by atoms with E-state index in [1.807, 2.05) is 25.2 Å². The molecule has 2 N–H and O–H groups in total. The first-order valence-electron chi connectivity index (χ1n) is 6.31. The van der Waals surface area contributed by atoms with Crippen LogP contribution >= 0.6 is 28.3 Å². The van der Waals surface area contributed by atoms with Gasteiger partial charge >= 0.3 is 0 Å². The van der Waals surface area contributed by atoms with Gasteiger partial charge in [0.15, 0.2) is 11.5 Å². The summed E-state index contributed by atoms with van der Waals surface area (Å²) in [4.78, 5) is 4.40. The second-order valence-corrected chi connectivity index (χ2v) is 5.59. The molecule has 112 valence electrons. The van der Waals surface area contributed by atoms with E-state index in [1.54, 1.807) is 0 Å². The molecule has 3 aromatic rings. The van der Waals surface area contributed by atoms with Gasteiger partial charge in [-0.05, 0) is 32.2 Å². The lowest BCUT2D eigenvalue weighted by Crippen LogP contribution is -2.24. The maximum Gasteiger partial charge on any atom is 0.279 e. The highest BCUT2D eigenvalue weighted by molar-refractivity contribution is 9.10. The largest absolute Gasteiger partial charge is 0.332 e. The van der Waals surface area contributed by atoms with Crippen molar-refractivity contribution in [2.45, 2.75) is 19.4 Å². The van der Waals surface area contributed by atoms with Gasteiger partial charge in [0.05, 0.1) is 5.52 Å². The van der Waals surface area contributed by atoms with Crippen LogP contribution in [0.25, 0.3) is 22.5 Å². The van der Waals surface area contributed by atoms with Crippen LogP contribution in [-0.4, -0.2) is 33.4 Å². The Bertz CT molecular complexity index is 741. The summed E-state index contributed by atoms with van der Waals surface area (Å²) in [5, 5.41) is 15.3. The first-order chi connectivity index (χ1) is 9.67. The van der Waals surface area contributed by atoms with Gasteiger partial charge in [-0.3, -0.25) is 5.10 Å². The number of likely N-dealkylation sites (N-methyl/N-ethyl adjacent to an activating group) is 1. The standard InChI is InChI=1S/C13H14BrN5O.ClH/c1-7(15-2)5-11-16-13(20-19-11)12-9-6-8(14)3-4-10(9)17-18-12;/h3-4,6-7,15H,5H2,1-2H3,(H,17,18);1H. The summed E-state index contributed by atoms with van der Waals surface area (Å²) in [7, 11) is 1.91. The van der Waals surface area contributed by atoms with Crippen LogP contribution in [0.15, 0.2) is 27.2 Å². The Morgan fingerprint density at radius 2 is 2.24 bits per heavy atom. The number of H-pyrrole nitrogens is 1. The lowest BCUT2D eigenvalue weighted by molar-refractivity contribution is 0.417. The zero-order valence-electron chi connectivity index (χ0n) is 11.6. The van der Waals surface area contributed by atoms with Crippen LogP contribution in [-0.2, 0) is 6.42 Å². The molecule has 0 amide bonds. The summed E-state index contributed by atoms with van der Waals surface area (Å²) < 4.78 is 6.30. The van der Waals surface area contributed by atoms with Crippen LogP contribution in [0.1, 0.15) is 12.7 Å². The predicted octanol–water partition coefficient (Wildman–Crippen LogP) is 2.95. The van der Waals surface area contributed by atoms with Gasteiger partial charge in [0.2, 0.25) is 0 Å². The highest BCUT2D eigenvalue weighted by Crippen LogP contribution is 2.27. The van der Waals surface area contributed by atoms with Crippen LogP contribution in [0.5, 0.6) is 0 Å². The van der Waals surface area contributed by atoms with E-state index in [0.29, 0.717) is 29.9 Å². The molecule has 1 aromatic carbocycles. The summed E-state index contributed by atoms with van der Waals surface area (Å²) in [5.74, 6) is 1.11. The molecule has 2 aromatic heterocycles. The SMILES string of the molecule is CNC(C)Cc1noc(-c2n[nH]c3ccc(Br)cc23)n1.Cl. The molecular weight excluding hydrogens is 358 g/mol. The molecule has 1 atom stereocenters. The Morgan fingerprint density at radius 1 is 1.43 bits per heavy atom. The highest BCUT2D eigenvalue weighted by atomic mass is 79.9. The molecule has 0 aliphatic carbocycles. The maximum atomic E-state index is 5.32. The monoisotopic (exact) mass is 371 g/mol. The number of halogens is 2. The van der Waals surface area contributed by atoms with Crippen LogP contribution in [0, 0.1) is 0 Å². The number of fused-ring (bicyclic) bond motifs is 1. The number of aromatic nitrogens is 4. The third-order valence-electron chi connectivity index (χ3n) is 3.18. The normalized spacial score (nSPS) is 12.3. The molecule has 0 aliphatic rings. The van der Waals surface area contributed by atoms with Crippen molar-refractivity contribution < 1.29 is 4.52 Å². The molecule has 0 spiro atoms. The van der Waals surface area contributed by atoms with Gasteiger partial charge in [0.1, 0.15) is 0 Å². The number of nitrogens with one attached hydrogen (secondary N) is 2. The number of rotatable bonds is 4. The third-order valence-corrected chi connectivity index (χ3v) is 3.67. The minimum atomic E-state index is 0. The summed E-state index contributed by atoms with van der Waals surface area (Å²) in [6, 6.07) is 6.19. The van der Waals surface area contributed by atoms with Crippen LogP contribution in [0.2, 0.25) is 0 Å².